The normalized spacial score (nSPS) is 10.6. The molecule has 4 rings (SSSR count). The minimum absolute atomic E-state index is 0.0185. The lowest BCUT2D eigenvalue weighted by molar-refractivity contribution is 0.0999. The van der Waals surface area contributed by atoms with Gasteiger partial charge in [-0.15, -0.1) is 6.58 Å². The number of rotatable bonds is 8. The van der Waals surface area contributed by atoms with Gasteiger partial charge >= 0.3 is 0 Å². The van der Waals surface area contributed by atoms with E-state index in [4.69, 9.17) is 20.8 Å². The second kappa shape index (κ2) is 10.4. The number of fused-ring (bicyclic) bond motifs is 1. The third-order valence-corrected chi connectivity index (χ3v) is 5.79. The van der Waals surface area contributed by atoms with Gasteiger partial charge in [-0.2, -0.15) is 0 Å². The van der Waals surface area contributed by atoms with Crippen molar-refractivity contribution in [2.45, 2.75) is 5.16 Å². The van der Waals surface area contributed by atoms with Crippen LogP contribution in [0.2, 0.25) is 5.02 Å². The number of hydrogen-bond donors (Lipinski definition) is 2. The van der Waals surface area contributed by atoms with Gasteiger partial charge in [0, 0.05) is 16.8 Å². The lowest BCUT2D eigenvalue weighted by Gasteiger charge is -2.09. The van der Waals surface area contributed by atoms with E-state index in [1.807, 2.05) is 0 Å². The topological polar surface area (TPSA) is 106 Å². The van der Waals surface area contributed by atoms with Crippen molar-refractivity contribution in [1.29, 1.82) is 0 Å². The number of ether oxygens (including phenoxy) is 1. The Morgan fingerprint density at radius 1 is 1.15 bits per heavy atom. The summed E-state index contributed by atoms with van der Waals surface area (Å²) in [5.74, 6) is 0.0366. The zero-order valence-electron chi connectivity index (χ0n) is 18.0. The standard InChI is InChI=1S/C24H19ClN4O4S/c1-3-12-34-24-26-13-17(25)20(29-24)22(30)28-19-16-6-4-5-7-18(16)33-21(19)23(31)27-14-8-10-15(32-2)11-9-14/h3-11,13H,1,12H2,2H3,(H,27,31)(H,28,30). The highest BCUT2D eigenvalue weighted by Gasteiger charge is 2.24. The van der Waals surface area contributed by atoms with Crippen molar-refractivity contribution in [2.75, 3.05) is 23.5 Å². The minimum Gasteiger partial charge on any atom is -0.497 e. The maximum Gasteiger partial charge on any atom is 0.293 e. The third kappa shape index (κ3) is 5.05. The van der Waals surface area contributed by atoms with Crippen LogP contribution in [-0.2, 0) is 0 Å². The molecule has 0 aliphatic heterocycles. The quantitative estimate of drug-likeness (QED) is 0.185. The number of para-hydroxylation sites is 1. The number of methoxy groups -OCH3 is 1. The molecule has 0 saturated carbocycles. The van der Waals surface area contributed by atoms with Crippen molar-refractivity contribution in [2.24, 2.45) is 0 Å². The molecule has 2 amide bonds. The fourth-order valence-electron chi connectivity index (χ4n) is 3.08. The molecule has 0 unspecified atom stereocenters. The molecule has 0 spiro atoms. The van der Waals surface area contributed by atoms with Gasteiger partial charge in [0.25, 0.3) is 11.8 Å². The molecule has 4 aromatic rings. The Labute approximate surface area is 204 Å². The van der Waals surface area contributed by atoms with Crippen molar-refractivity contribution in [3.63, 3.8) is 0 Å². The van der Waals surface area contributed by atoms with E-state index in [9.17, 15) is 9.59 Å². The number of nitrogens with one attached hydrogen (secondary N) is 2. The number of thioether (sulfide) groups is 1. The lowest BCUT2D eigenvalue weighted by atomic mass is 10.2. The van der Waals surface area contributed by atoms with Crippen molar-refractivity contribution in [1.82, 2.24) is 9.97 Å². The fourth-order valence-corrected chi connectivity index (χ4v) is 3.80. The molecule has 2 heterocycles. The first kappa shape index (κ1) is 23.3. The number of aromatic nitrogens is 2. The van der Waals surface area contributed by atoms with Gasteiger partial charge in [-0.3, -0.25) is 9.59 Å². The molecule has 34 heavy (non-hydrogen) atoms. The summed E-state index contributed by atoms with van der Waals surface area (Å²) in [5.41, 5.74) is 1.16. The minimum atomic E-state index is -0.599. The van der Waals surface area contributed by atoms with Crippen LogP contribution < -0.4 is 15.4 Å². The number of hydrogen-bond acceptors (Lipinski definition) is 7. The van der Waals surface area contributed by atoms with E-state index < -0.39 is 11.8 Å². The maximum absolute atomic E-state index is 13.1. The van der Waals surface area contributed by atoms with Gasteiger partial charge in [0.15, 0.2) is 10.9 Å². The second-order valence-corrected chi connectivity index (χ2v) is 8.28. The largest absolute Gasteiger partial charge is 0.497 e. The van der Waals surface area contributed by atoms with E-state index in [0.717, 1.165) is 0 Å². The first-order valence-electron chi connectivity index (χ1n) is 10.0. The number of nitrogens with zero attached hydrogens (tertiary/aromatic N) is 2. The van der Waals surface area contributed by atoms with E-state index >= 15 is 0 Å². The molecule has 0 radical (unpaired) electrons. The molecular formula is C24H19ClN4O4S. The summed E-state index contributed by atoms with van der Waals surface area (Å²) in [6.07, 6.45) is 3.06. The Morgan fingerprint density at radius 2 is 1.91 bits per heavy atom. The molecule has 2 aromatic carbocycles. The molecule has 2 N–H and O–H groups in total. The van der Waals surface area contributed by atoms with Crippen LogP contribution in [0, 0.1) is 0 Å². The Hall–Kier alpha value is -3.82. The van der Waals surface area contributed by atoms with E-state index in [1.165, 1.54) is 18.0 Å². The number of amides is 2. The van der Waals surface area contributed by atoms with E-state index in [2.05, 4.69) is 27.2 Å². The fraction of sp³-hybridized carbons (Fsp3) is 0.0833. The molecule has 10 heteroatoms. The molecule has 172 valence electrons. The van der Waals surface area contributed by atoms with E-state index in [-0.39, 0.29) is 22.2 Å². The number of carbonyl (C=O) groups is 2. The highest BCUT2D eigenvalue weighted by molar-refractivity contribution is 7.99. The predicted molar refractivity (Wildman–Crippen MR) is 133 cm³/mol. The van der Waals surface area contributed by atoms with Crippen LogP contribution in [0.15, 0.2) is 77.0 Å². The average Bonchev–Trinajstić information content (AvgIpc) is 3.22. The summed E-state index contributed by atoms with van der Waals surface area (Å²) in [7, 11) is 1.56. The summed E-state index contributed by atoms with van der Waals surface area (Å²) in [5, 5.41) is 6.52. The van der Waals surface area contributed by atoms with Crippen LogP contribution in [0.25, 0.3) is 11.0 Å². The highest BCUT2D eigenvalue weighted by atomic mass is 35.5. The van der Waals surface area contributed by atoms with Gasteiger partial charge in [-0.05, 0) is 36.4 Å². The molecule has 0 aliphatic rings. The lowest BCUT2D eigenvalue weighted by Crippen LogP contribution is -2.18. The van der Waals surface area contributed by atoms with Crippen molar-refractivity contribution < 1.29 is 18.7 Å². The van der Waals surface area contributed by atoms with Crippen molar-refractivity contribution >= 4 is 57.5 Å². The monoisotopic (exact) mass is 494 g/mol. The van der Waals surface area contributed by atoms with Crippen LogP contribution >= 0.6 is 23.4 Å². The zero-order chi connectivity index (χ0) is 24.1. The Bertz CT molecular complexity index is 1370. The summed E-state index contributed by atoms with van der Waals surface area (Å²) in [4.78, 5) is 34.5. The van der Waals surface area contributed by atoms with Gasteiger partial charge in [0.2, 0.25) is 5.76 Å². The van der Waals surface area contributed by atoms with Gasteiger partial charge in [0.05, 0.1) is 18.3 Å². The zero-order valence-corrected chi connectivity index (χ0v) is 19.6. The number of anilines is 2. The van der Waals surface area contributed by atoms with Gasteiger partial charge in [0.1, 0.15) is 17.0 Å². The van der Waals surface area contributed by atoms with E-state index in [1.54, 1.807) is 61.7 Å². The summed E-state index contributed by atoms with van der Waals surface area (Å²) in [6, 6.07) is 13.8. The first-order chi connectivity index (χ1) is 16.5. The van der Waals surface area contributed by atoms with Gasteiger partial charge in [-0.1, -0.05) is 41.6 Å². The molecular weight excluding hydrogens is 476 g/mol. The second-order valence-electron chi connectivity index (χ2n) is 6.89. The van der Waals surface area contributed by atoms with Crippen LogP contribution in [0.5, 0.6) is 5.75 Å². The average molecular weight is 495 g/mol. The van der Waals surface area contributed by atoms with Crippen LogP contribution in [0.4, 0.5) is 11.4 Å². The number of furan rings is 1. The molecule has 2 aromatic heterocycles. The van der Waals surface area contributed by atoms with Crippen LogP contribution in [0.1, 0.15) is 21.0 Å². The number of carbonyl (C=O) groups excluding carboxylic acids is 2. The first-order valence-corrected chi connectivity index (χ1v) is 11.4. The Morgan fingerprint density at radius 3 is 2.65 bits per heavy atom. The molecule has 0 aliphatic carbocycles. The van der Waals surface area contributed by atoms with Crippen molar-refractivity contribution in [3.8, 4) is 5.75 Å². The molecule has 0 saturated heterocycles. The highest BCUT2D eigenvalue weighted by Crippen LogP contribution is 2.32. The maximum atomic E-state index is 13.1. The molecule has 0 atom stereocenters. The van der Waals surface area contributed by atoms with Gasteiger partial charge in [-0.25, -0.2) is 9.97 Å². The SMILES string of the molecule is C=CCSc1ncc(Cl)c(C(=O)Nc2c(C(=O)Nc3ccc(OC)cc3)oc3ccccc23)n1. The summed E-state index contributed by atoms with van der Waals surface area (Å²) >= 11 is 7.50. The summed E-state index contributed by atoms with van der Waals surface area (Å²) < 4.78 is 10.9. The number of halogens is 1. The summed E-state index contributed by atoms with van der Waals surface area (Å²) in [6.45, 7) is 3.66. The smallest absolute Gasteiger partial charge is 0.293 e. The Balaban J connectivity index is 1.65. The van der Waals surface area contributed by atoms with Crippen molar-refractivity contribution in [3.05, 3.63) is 83.9 Å². The molecule has 0 bridgehead atoms. The third-order valence-electron chi connectivity index (χ3n) is 4.66. The predicted octanol–water partition coefficient (Wildman–Crippen LogP) is 5.67. The molecule has 8 nitrogen and oxygen atoms in total. The molecule has 0 fully saturated rings. The number of benzene rings is 2. The van der Waals surface area contributed by atoms with Gasteiger partial charge < -0.3 is 19.8 Å². The van der Waals surface area contributed by atoms with Crippen LogP contribution in [-0.4, -0.2) is 34.6 Å². The van der Waals surface area contributed by atoms with Crippen LogP contribution in [0.3, 0.4) is 0 Å². The Kier molecular flexibility index (Phi) is 7.15. The van der Waals surface area contributed by atoms with E-state index in [0.29, 0.717) is 33.3 Å².